The molecule has 1 aromatic rings. The number of hydrogen-bond donors (Lipinski definition) is 2. The van der Waals surface area contributed by atoms with Crippen molar-refractivity contribution in [1.82, 2.24) is 0 Å². The van der Waals surface area contributed by atoms with Crippen molar-refractivity contribution in [3.05, 3.63) is 23.8 Å². The molecule has 0 heterocycles. The van der Waals surface area contributed by atoms with Crippen LogP contribution >= 0.6 is 0 Å². The molecular formula is C15H24O3. The zero-order valence-electron chi connectivity index (χ0n) is 11.4. The summed E-state index contributed by atoms with van der Waals surface area (Å²) in [5, 5.41) is 19.1. The van der Waals surface area contributed by atoms with Gasteiger partial charge < -0.3 is 14.9 Å². The first-order chi connectivity index (χ1) is 8.66. The van der Waals surface area contributed by atoms with E-state index >= 15 is 0 Å². The number of phenolic OH excluding ortho intramolecular Hbond substituents is 2. The Labute approximate surface area is 109 Å². The van der Waals surface area contributed by atoms with E-state index in [1.807, 2.05) is 6.92 Å². The fourth-order valence-electron chi connectivity index (χ4n) is 1.93. The maximum absolute atomic E-state index is 9.71. The lowest BCUT2D eigenvalue weighted by molar-refractivity contribution is 0.0609. The van der Waals surface area contributed by atoms with E-state index in [1.165, 1.54) is 31.7 Å². The summed E-state index contributed by atoms with van der Waals surface area (Å²) in [4.78, 5) is 0. The monoisotopic (exact) mass is 252 g/mol. The van der Waals surface area contributed by atoms with E-state index in [0.717, 1.165) is 6.42 Å². The molecule has 1 rings (SSSR count). The fraction of sp³-hybridized carbons (Fsp3) is 0.600. The predicted molar refractivity (Wildman–Crippen MR) is 72.9 cm³/mol. The highest BCUT2D eigenvalue weighted by molar-refractivity contribution is 5.45. The van der Waals surface area contributed by atoms with Gasteiger partial charge in [-0.1, -0.05) is 44.7 Å². The van der Waals surface area contributed by atoms with Crippen LogP contribution in [-0.2, 0) is 4.74 Å². The lowest BCUT2D eigenvalue weighted by Gasteiger charge is -2.15. The van der Waals surface area contributed by atoms with Crippen LogP contribution in [0.15, 0.2) is 18.2 Å². The Morgan fingerprint density at radius 3 is 2.56 bits per heavy atom. The van der Waals surface area contributed by atoms with Crippen LogP contribution < -0.4 is 0 Å². The minimum absolute atomic E-state index is 0.0732. The molecule has 0 saturated carbocycles. The molecule has 0 saturated heterocycles. The summed E-state index contributed by atoms with van der Waals surface area (Å²) in [7, 11) is 0. The van der Waals surface area contributed by atoms with E-state index in [2.05, 4.69) is 6.92 Å². The van der Waals surface area contributed by atoms with Gasteiger partial charge in [0.1, 0.15) is 0 Å². The molecule has 0 aromatic heterocycles. The van der Waals surface area contributed by atoms with Gasteiger partial charge in [0, 0.05) is 12.2 Å². The van der Waals surface area contributed by atoms with E-state index in [-0.39, 0.29) is 17.6 Å². The van der Waals surface area contributed by atoms with Crippen molar-refractivity contribution in [1.29, 1.82) is 0 Å². The molecule has 0 aliphatic heterocycles. The highest BCUT2D eigenvalue weighted by Crippen LogP contribution is 2.33. The van der Waals surface area contributed by atoms with Gasteiger partial charge in [0.25, 0.3) is 0 Å². The van der Waals surface area contributed by atoms with Gasteiger partial charge in [0.15, 0.2) is 11.5 Å². The Bertz CT molecular complexity index is 350. The van der Waals surface area contributed by atoms with Crippen molar-refractivity contribution in [3.63, 3.8) is 0 Å². The third-order valence-corrected chi connectivity index (χ3v) is 3.10. The highest BCUT2D eigenvalue weighted by atomic mass is 16.5. The molecule has 0 aliphatic carbocycles. The maximum Gasteiger partial charge on any atom is 0.163 e. The molecule has 2 N–H and O–H groups in total. The third-order valence-electron chi connectivity index (χ3n) is 3.10. The van der Waals surface area contributed by atoms with Crippen molar-refractivity contribution in [2.45, 2.75) is 52.1 Å². The number of hydrogen-bond acceptors (Lipinski definition) is 3. The molecule has 0 aliphatic rings. The average molecular weight is 252 g/mol. The molecule has 3 heteroatoms. The SMILES string of the molecule is CCCCCCCOC(C)c1cccc(O)c1O. The van der Waals surface area contributed by atoms with Gasteiger partial charge in [0.05, 0.1) is 6.10 Å². The van der Waals surface area contributed by atoms with Gasteiger partial charge in [-0.15, -0.1) is 0 Å². The summed E-state index contributed by atoms with van der Waals surface area (Å²) in [6, 6.07) is 4.96. The largest absolute Gasteiger partial charge is 0.504 e. The van der Waals surface area contributed by atoms with Crippen LogP contribution in [0.25, 0.3) is 0 Å². The van der Waals surface area contributed by atoms with Crippen LogP contribution in [0.1, 0.15) is 57.6 Å². The van der Waals surface area contributed by atoms with E-state index in [0.29, 0.717) is 12.2 Å². The van der Waals surface area contributed by atoms with Crippen LogP contribution in [0, 0.1) is 0 Å². The number of para-hydroxylation sites is 1. The summed E-state index contributed by atoms with van der Waals surface area (Å²) in [6.45, 7) is 4.78. The molecule has 0 radical (unpaired) electrons. The van der Waals surface area contributed by atoms with E-state index in [4.69, 9.17) is 4.74 Å². The second-order valence-corrected chi connectivity index (χ2v) is 4.64. The quantitative estimate of drug-likeness (QED) is 0.540. The molecule has 0 bridgehead atoms. The van der Waals surface area contributed by atoms with Gasteiger partial charge in [-0.25, -0.2) is 0 Å². The van der Waals surface area contributed by atoms with Gasteiger partial charge >= 0.3 is 0 Å². The highest BCUT2D eigenvalue weighted by Gasteiger charge is 2.13. The van der Waals surface area contributed by atoms with Crippen LogP contribution in [0.4, 0.5) is 0 Å². The first-order valence-corrected chi connectivity index (χ1v) is 6.79. The van der Waals surface area contributed by atoms with Crippen molar-refractivity contribution in [3.8, 4) is 11.5 Å². The lowest BCUT2D eigenvalue weighted by atomic mass is 10.1. The summed E-state index contributed by atoms with van der Waals surface area (Å²) in [5.41, 5.74) is 0.642. The van der Waals surface area contributed by atoms with Gasteiger partial charge in [-0.3, -0.25) is 0 Å². The Balaban J connectivity index is 2.32. The molecule has 1 unspecified atom stereocenters. The first kappa shape index (κ1) is 14.8. The van der Waals surface area contributed by atoms with Crippen molar-refractivity contribution in [2.75, 3.05) is 6.61 Å². The number of phenols is 2. The molecule has 1 atom stereocenters. The first-order valence-electron chi connectivity index (χ1n) is 6.79. The van der Waals surface area contributed by atoms with Crippen LogP contribution in [0.3, 0.4) is 0 Å². The molecule has 0 spiro atoms. The molecule has 102 valence electrons. The van der Waals surface area contributed by atoms with Gasteiger partial charge in [0.2, 0.25) is 0 Å². The van der Waals surface area contributed by atoms with Crippen molar-refractivity contribution < 1.29 is 14.9 Å². The number of aromatic hydroxyl groups is 2. The Morgan fingerprint density at radius 1 is 1.11 bits per heavy atom. The summed E-state index contributed by atoms with van der Waals surface area (Å²) in [5.74, 6) is -0.165. The molecule has 18 heavy (non-hydrogen) atoms. The summed E-state index contributed by atoms with van der Waals surface area (Å²) in [6.07, 6.45) is 5.82. The third kappa shape index (κ3) is 4.57. The standard InChI is InChI=1S/C15H24O3/c1-3-4-5-6-7-11-18-12(2)13-9-8-10-14(16)15(13)17/h8-10,12,16-17H,3-7,11H2,1-2H3. The summed E-state index contributed by atoms with van der Waals surface area (Å²) >= 11 is 0. The zero-order valence-corrected chi connectivity index (χ0v) is 11.4. The summed E-state index contributed by atoms with van der Waals surface area (Å²) < 4.78 is 5.67. The van der Waals surface area contributed by atoms with E-state index < -0.39 is 0 Å². The van der Waals surface area contributed by atoms with E-state index in [1.54, 1.807) is 12.1 Å². The zero-order chi connectivity index (χ0) is 13.4. The van der Waals surface area contributed by atoms with Crippen molar-refractivity contribution in [2.24, 2.45) is 0 Å². The minimum atomic E-state index is -0.191. The Kier molecular flexibility index (Phi) is 6.58. The van der Waals surface area contributed by atoms with E-state index in [9.17, 15) is 10.2 Å². The smallest absolute Gasteiger partial charge is 0.163 e. The second-order valence-electron chi connectivity index (χ2n) is 4.64. The Morgan fingerprint density at radius 2 is 1.83 bits per heavy atom. The molecular weight excluding hydrogens is 228 g/mol. The fourth-order valence-corrected chi connectivity index (χ4v) is 1.93. The molecule has 3 nitrogen and oxygen atoms in total. The second kappa shape index (κ2) is 7.98. The number of benzene rings is 1. The number of unbranched alkanes of at least 4 members (excludes halogenated alkanes) is 4. The molecule has 1 aromatic carbocycles. The topological polar surface area (TPSA) is 49.7 Å². The molecule has 0 amide bonds. The van der Waals surface area contributed by atoms with Gasteiger partial charge in [-0.05, 0) is 19.4 Å². The van der Waals surface area contributed by atoms with Crippen LogP contribution in [0.2, 0.25) is 0 Å². The van der Waals surface area contributed by atoms with Crippen molar-refractivity contribution >= 4 is 0 Å². The molecule has 0 fully saturated rings. The van der Waals surface area contributed by atoms with Crippen LogP contribution in [-0.4, -0.2) is 16.8 Å². The predicted octanol–water partition coefficient (Wildman–Crippen LogP) is 4.15. The number of ether oxygens (including phenoxy) is 1. The normalized spacial score (nSPS) is 12.6. The van der Waals surface area contributed by atoms with Gasteiger partial charge in [-0.2, -0.15) is 0 Å². The maximum atomic E-state index is 9.71. The Hall–Kier alpha value is -1.22. The minimum Gasteiger partial charge on any atom is -0.504 e. The number of rotatable bonds is 8. The lowest BCUT2D eigenvalue weighted by Crippen LogP contribution is -2.02. The van der Waals surface area contributed by atoms with Crippen LogP contribution in [0.5, 0.6) is 11.5 Å². The average Bonchev–Trinajstić information content (AvgIpc) is 2.36.